The first-order valence-electron chi connectivity index (χ1n) is 13.1. The number of anilines is 1. The molecule has 1 unspecified atom stereocenters. The Balaban J connectivity index is 1.41. The Morgan fingerprint density at radius 2 is 2.02 bits per heavy atom. The van der Waals surface area contributed by atoms with Gasteiger partial charge in [0.05, 0.1) is 16.6 Å². The summed E-state index contributed by atoms with van der Waals surface area (Å²) in [6, 6.07) is 5.53. The van der Waals surface area contributed by atoms with Gasteiger partial charge in [-0.25, -0.2) is 18.2 Å². The summed E-state index contributed by atoms with van der Waals surface area (Å²) in [6.07, 6.45) is 1.24. The molecule has 0 amide bonds. The van der Waals surface area contributed by atoms with E-state index < -0.39 is 23.3 Å². The van der Waals surface area contributed by atoms with Crippen LogP contribution in [0.15, 0.2) is 28.7 Å². The van der Waals surface area contributed by atoms with Crippen LogP contribution in [-0.2, 0) is 0 Å². The number of ether oxygens (including phenoxy) is 2. The van der Waals surface area contributed by atoms with Gasteiger partial charge >= 0.3 is 6.01 Å². The highest BCUT2D eigenvalue weighted by Crippen LogP contribution is 2.44. The van der Waals surface area contributed by atoms with Gasteiger partial charge in [0.25, 0.3) is 0 Å². The summed E-state index contributed by atoms with van der Waals surface area (Å²) in [5.74, 6) is -0.949. The van der Waals surface area contributed by atoms with Crippen LogP contribution >= 0.6 is 15.9 Å². The van der Waals surface area contributed by atoms with Crippen molar-refractivity contribution in [2.45, 2.75) is 31.0 Å². The van der Waals surface area contributed by atoms with Crippen LogP contribution < -0.4 is 14.4 Å². The van der Waals surface area contributed by atoms with Crippen LogP contribution in [0.3, 0.4) is 0 Å². The first-order valence-corrected chi connectivity index (χ1v) is 13.9. The van der Waals surface area contributed by atoms with E-state index in [2.05, 4.69) is 35.8 Å². The van der Waals surface area contributed by atoms with Gasteiger partial charge in [-0.2, -0.15) is 9.97 Å². The Morgan fingerprint density at radius 1 is 1.18 bits per heavy atom. The van der Waals surface area contributed by atoms with Crippen molar-refractivity contribution in [1.29, 1.82) is 0 Å². The van der Waals surface area contributed by atoms with Crippen LogP contribution in [0.4, 0.5) is 19.0 Å². The zero-order valence-electron chi connectivity index (χ0n) is 21.6. The Hall–Kier alpha value is -3.38. The fourth-order valence-electron chi connectivity index (χ4n) is 6.33. The van der Waals surface area contributed by atoms with Gasteiger partial charge in [-0.3, -0.25) is 4.90 Å². The molecule has 2 atom stereocenters. The van der Waals surface area contributed by atoms with Crippen LogP contribution in [0.5, 0.6) is 17.6 Å². The zero-order valence-corrected chi connectivity index (χ0v) is 23.1. The van der Waals surface area contributed by atoms with E-state index in [0.717, 1.165) is 19.4 Å². The van der Waals surface area contributed by atoms with Crippen LogP contribution in [0, 0.1) is 11.6 Å². The van der Waals surface area contributed by atoms with E-state index in [1.807, 2.05) is 4.90 Å². The van der Waals surface area contributed by atoms with Gasteiger partial charge in [0, 0.05) is 31.0 Å². The predicted molar refractivity (Wildman–Crippen MR) is 147 cm³/mol. The predicted octanol–water partition coefficient (Wildman–Crippen LogP) is 5.38. The third kappa shape index (κ3) is 3.94. The Kier molecular flexibility index (Phi) is 5.97. The average Bonchev–Trinajstić information content (AvgIpc) is 3.40. The number of rotatable bonds is 4. The van der Waals surface area contributed by atoms with Gasteiger partial charge in [0.2, 0.25) is 5.88 Å². The second-order valence-electron chi connectivity index (χ2n) is 10.7. The number of likely N-dealkylation sites (N-methyl/N-ethyl adjacent to an activating group) is 1. The smallest absolute Gasteiger partial charge is 0.319 e. The SMILES string of the molecule is CN1CCOc2nc(-c3cc(O)cc4ccc(F)c(Br)c34)c(F)c3nc(OC[C@@]45CCCN4CC(F)C5)nc1c23. The Morgan fingerprint density at radius 3 is 2.88 bits per heavy atom. The summed E-state index contributed by atoms with van der Waals surface area (Å²) in [5.41, 5.74) is -0.494. The minimum atomic E-state index is -0.913. The molecule has 208 valence electrons. The number of hydrogen-bond acceptors (Lipinski definition) is 8. The molecule has 5 heterocycles. The fraction of sp³-hybridized carbons (Fsp3) is 0.393. The number of nitrogens with zero attached hydrogens (tertiary/aromatic N) is 5. The molecule has 0 spiro atoms. The van der Waals surface area contributed by atoms with Gasteiger partial charge in [0.1, 0.15) is 53.4 Å². The third-order valence-corrected chi connectivity index (χ3v) is 8.99. The van der Waals surface area contributed by atoms with E-state index in [1.54, 1.807) is 7.05 Å². The molecule has 0 radical (unpaired) electrons. The maximum Gasteiger partial charge on any atom is 0.319 e. The van der Waals surface area contributed by atoms with Gasteiger partial charge < -0.3 is 19.5 Å². The molecule has 3 aliphatic rings. The highest BCUT2D eigenvalue weighted by molar-refractivity contribution is 9.10. The summed E-state index contributed by atoms with van der Waals surface area (Å²) in [7, 11) is 1.81. The van der Waals surface area contributed by atoms with Crippen molar-refractivity contribution in [3.63, 3.8) is 0 Å². The van der Waals surface area contributed by atoms with E-state index in [1.165, 1.54) is 24.3 Å². The highest BCUT2D eigenvalue weighted by atomic mass is 79.9. The molecule has 7 rings (SSSR count). The Labute approximate surface area is 235 Å². The fourth-order valence-corrected chi connectivity index (χ4v) is 6.90. The molecule has 12 heteroatoms. The molecule has 4 aromatic rings. The van der Waals surface area contributed by atoms with E-state index in [-0.39, 0.29) is 57.5 Å². The lowest BCUT2D eigenvalue weighted by Crippen LogP contribution is -2.43. The summed E-state index contributed by atoms with van der Waals surface area (Å²) in [5, 5.41) is 11.6. The van der Waals surface area contributed by atoms with Crippen molar-refractivity contribution >= 4 is 43.4 Å². The number of fused-ring (bicyclic) bond motifs is 2. The topological polar surface area (TPSA) is 83.8 Å². The molecule has 8 nitrogen and oxygen atoms in total. The molecule has 2 fully saturated rings. The van der Waals surface area contributed by atoms with Crippen molar-refractivity contribution in [3.8, 4) is 28.9 Å². The maximum atomic E-state index is 16.5. The number of alkyl halides is 1. The maximum absolute atomic E-state index is 16.5. The van der Waals surface area contributed by atoms with Crippen LogP contribution in [0.1, 0.15) is 19.3 Å². The third-order valence-electron chi connectivity index (χ3n) is 8.22. The number of phenols is 1. The number of aromatic hydroxyl groups is 1. The van der Waals surface area contributed by atoms with Gasteiger partial charge in [-0.15, -0.1) is 0 Å². The first-order chi connectivity index (χ1) is 19.2. The first kappa shape index (κ1) is 25.6. The van der Waals surface area contributed by atoms with E-state index in [4.69, 9.17) is 9.47 Å². The van der Waals surface area contributed by atoms with Crippen LogP contribution in [-0.4, -0.2) is 76.6 Å². The highest BCUT2D eigenvalue weighted by Gasteiger charge is 2.49. The largest absolute Gasteiger partial charge is 0.508 e. The van der Waals surface area contributed by atoms with Crippen molar-refractivity contribution in [2.24, 2.45) is 0 Å². The van der Waals surface area contributed by atoms with Crippen molar-refractivity contribution in [3.05, 3.63) is 40.4 Å². The molecular formula is C28H25BrF3N5O3. The molecule has 2 saturated heterocycles. The van der Waals surface area contributed by atoms with Gasteiger partial charge in [-0.1, -0.05) is 6.07 Å². The summed E-state index contributed by atoms with van der Waals surface area (Å²) < 4.78 is 57.5. The molecule has 0 aliphatic carbocycles. The zero-order chi connectivity index (χ0) is 27.8. The van der Waals surface area contributed by atoms with Gasteiger partial charge in [-0.05, 0) is 58.9 Å². The number of pyridine rings is 1. The number of halogens is 4. The van der Waals surface area contributed by atoms with Gasteiger partial charge in [0.15, 0.2) is 5.82 Å². The van der Waals surface area contributed by atoms with E-state index in [0.29, 0.717) is 36.1 Å². The second kappa shape index (κ2) is 9.34. The molecule has 0 bridgehead atoms. The number of aromatic nitrogens is 3. The van der Waals surface area contributed by atoms with Crippen molar-refractivity contribution in [1.82, 2.24) is 19.9 Å². The lowest BCUT2D eigenvalue weighted by molar-refractivity contribution is 0.107. The average molecular weight is 616 g/mol. The van der Waals surface area contributed by atoms with Crippen LogP contribution in [0.2, 0.25) is 0 Å². The normalized spacial score (nSPS) is 22.5. The minimum absolute atomic E-state index is 0.0326. The summed E-state index contributed by atoms with van der Waals surface area (Å²) in [4.78, 5) is 17.5. The van der Waals surface area contributed by atoms with Crippen molar-refractivity contribution in [2.75, 3.05) is 44.8 Å². The van der Waals surface area contributed by atoms with E-state index >= 15 is 4.39 Å². The summed E-state index contributed by atoms with van der Waals surface area (Å²) >= 11 is 3.28. The minimum Gasteiger partial charge on any atom is -0.508 e. The molecule has 2 aromatic carbocycles. The molecule has 3 aliphatic heterocycles. The van der Waals surface area contributed by atoms with Crippen molar-refractivity contribution < 1.29 is 27.8 Å². The molecular weight excluding hydrogens is 591 g/mol. The standard InChI is InChI=1S/C28H25BrF3N5O3/c1-36-7-8-39-26-20-24(34-27(35-25(20)36)40-13-28-5-2-6-37(28)12-15(30)11-28)22(32)23(33-26)17-10-16(38)9-14-3-4-18(31)21(29)19(14)17/h3-4,9-10,15,38H,2,5-8,11-13H2,1H3/t15?,28-/m0/s1. The van der Waals surface area contributed by atoms with Crippen LogP contribution in [0.25, 0.3) is 32.9 Å². The molecule has 2 aromatic heterocycles. The molecule has 1 N–H and O–H groups in total. The molecule has 40 heavy (non-hydrogen) atoms. The monoisotopic (exact) mass is 615 g/mol. The number of benzene rings is 2. The second-order valence-corrected chi connectivity index (χ2v) is 11.5. The lowest BCUT2D eigenvalue weighted by atomic mass is 9.95. The molecule has 0 saturated carbocycles. The lowest BCUT2D eigenvalue weighted by Gasteiger charge is -2.31. The quantitative estimate of drug-likeness (QED) is 0.328. The van der Waals surface area contributed by atoms with E-state index in [9.17, 15) is 13.9 Å². The number of hydrogen-bond donors (Lipinski definition) is 1. The Bertz CT molecular complexity index is 1690. The number of phenolic OH excluding ortho intramolecular Hbond substituents is 1. The summed E-state index contributed by atoms with van der Waals surface area (Å²) in [6.45, 7) is 2.09.